The minimum atomic E-state index is -0.819. The molecule has 0 spiro atoms. The summed E-state index contributed by atoms with van der Waals surface area (Å²) in [6.45, 7) is 2.76. The van der Waals surface area contributed by atoms with Crippen LogP contribution in [0.5, 0.6) is 0 Å². The summed E-state index contributed by atoms with van der Waals surface area (Å²) in [7, 11) is 0. The van der Waals surface area contributed by atoms with Gasteiger partial charge in [-0.2, -0.15) is 0 Å². The predicted octanol–water partition coefficient (Wildman–Crippen LogP) is 2.04. The summed E-state index contributed by atoms with van der Waals surface area (Å²) in [6.07, 6.45) is 6.27. The zero-order valence-electron chi connectivity index (χ0n) is 11.0. The Morgan fingerprint density at radius 2 is 1.78 bits per heavy atom. The summed E-state index contributed by atoms with van der Waals surface area (Å²) in [5, 5.41) is 12.1. The molecule has 102 valence electrons. The lowest BCUT2D eigenvalue weighted by Gasteiger charge is -2.17. The van der Waals surface area contributed by atoms with Gasteiger partial charge in [0.05, 0.1) is 11.8 Å². The molecule has 0 bridgehead atoms. The van der Waals surface area contributed by atoms with E-state index < -0.39 is 11.9 Å². The third kappa shape index (κ3) is 3.03. The van der Waals surface area contributed by atoms with Crippen LogP contribution in [0.25, 0.3) is 0 Å². The highest BCUT2D eigenvalue weighted by molar-refractivity contribution is 5.85. The third-order valence-electron chi connectivity index (χ3n) is 4.49. The maximum atomic E-state index is 12.1. The number of carboxylic acids is 1. The summed E-state index contributed by atoms with van der Waals surface area (Å²) in [5.74, 6) is -0.717. The van der Waals surface area contributed by atoms with Crippen LogP contribution in [0.2, 0.25) is 0 Å². The topological polar surface area (TPSA) is 66.4 Å². The molecule has 2 rings (SSSR count). The number of hydrogen-bond donors (Lipinski definition) is 2. The van der Waals surface area contributed by atoms with Crippen molar-refractivity contribution in [3.05, 3.63) is 0 Å². The Hall–Kier alpha value is -1.06. The maximum absolute atomic E-state index is 12.1. The molecule has 0 aliphatic heterocycles. The van der Waals surface area contributed by atoms with Gasteiger partial charge in [0.2, 0.25) is 5.91 Å². The largest absolute Gasteiger partial charge is 0.481 e. The van der Waals surface area contributed by atoms with Crippen LogP contribution in [0, 0.1) is 23.7 Å². The van der Waals surface area contributed by atoms with Gasteiger partial charge >= 0.3 is 5.97 Å². The fraction of sp³-hybridized carbons (Fsp3) is 0.857. The van der Waals surface area contributed by atoms with Crippen LogP contribution in [0.15, 0.2) is 0 Å². The van der Waals surface area contributed by atoms with Gasteiger partial charge in [0, 0.05) is 6.54 Å². The molecule has 2 aliphatic carbocycles. The molecule has 2 N–H and O–H groups in total. The van der Waals surface area contributed by atoms with Crippen molar-refractivity contribution in [2.75, 3.05) is 6.54 Å². The van der Waals surface area contributed by atoms with E-state index in [1.807, 2.05) is 6.92 Å². The molecule has 2 fully saturated rings. The number of carboxylic acid groups (broad SMARTS) is 1. The summed E-state index contributed by atoms with van der Waals surface area (Å²) in [4.78, 5) is 23.2. The summed E-state index contributed by atoms with van der Waals surface area (Å²) in [6, 6.07) is 0. The first-order valence-electron chi connectivity index (χ1n) is 7.08. The minimum absolute atomic E-state index is 0.0429. The van der Waals surface area contributed by atoms with Gasteiger partial charge in [0.15, 0.2) is 0 Å². The zero-order valence-corrected chi connectivity index (χ0v) is 11.0. The van der Waals surface area contributed by atoms with E-state index in [0.29, 0.717) is 24.7 Å². The number of aliphatic carboxylic acids is 1. The van der Waals surface area contributed by atoms with Gasteiger partial charge in [-0.05, 0) is 37.5 Å². The monoisotopic (exact) mass is 253 g/mol. The fourth-order valence-corrected chi connectivity index (χ4v) is 3.44. The van der Waals surface area contributed by atoms with Crippen LogP contribution < -0.4 is 5.32 Å². The smallest absolute Gasteiger partial charge is 0.307 e. The van der Waals surface area contributed by atoms with E-state index in [-0.39, 0.29) is 11.8 Å². The van der Waals surface area contributed by atoms with E-state index in [1.165, 1.54) is 25.7 Å². The lowest BCUT2D eigenvalue weighted by molar-refractivity contribution is -0.146. The molecule has 1 unspecified atom stereocenters. The average molecular weight is 253 g/mol. The Morgan fingerprint density at radius 1 is 1.17 bits per heavy atom. The van der Waals surface area contributed by atoms with Crippen LogP contribution in [-0.2, 0) is 9.59 Å². The van der Waals surface area contributed by atoms with E-state index in [2.05, 4.69) is 5.32 Å². The number of carbonyl (C=O) groups excluding carboxylic acids is 1. The van der Waals surface area contributed by atoms with Crippen molar-refractivity contribution in [1.82, 2.24) is 5.32 Å². The second-order valence-electron chi connectivity index (χ2n) is 6.02. The molecule has 2 saturated carbocycles. The number of carbonyl (C=O) groups is 2. The molecular formula is C14H23NO3. The quantitative estimate of drug-likeness (QED) is 0.805. The molecule has 0 aromatic heterocycles. The summed E-state index contributed by atoms with van der Waals surface area (Å²) in [5.41, 5.74) is 0. The highest BCUT2D eigenvalue weighted by atomic mass is 16.4. The van der Waals surface area contributed by atoms with Gasteiger partial charge < -0.3 is 10.4 Å². The normalized spacial score (nSPS) is 32.6. The van der Waals surface area contributed by atoms with E-state index in [0.717, 1.165) is 6.54 Å². The molecule has 18 heavy (non-hydrogen) atoms. The van der Waals surface area contributed by atoms with Gasteiger partial charge in [-0.3, -0.25) is 9.59 Å². The fourth-order valence-electron chi connectivity index (χ4n) is 3.44. The van der Waals surface area contributed by atoms with Gasteiger partial charge in [-0.1, -0.05) is 19.8 Å². The highest BCUT2D eigenvalue weighted by Crippen LogP contribution is 2.36. The van der Waals surface area contributed by atoms with E-state index in [4.69, 9.17) is 5.11 Å². The van der Waals surface area contributed by atoms with E-state index in [1.54, 1.807) is 0 Å². The number of nitrogens with one attached hydrogen (secondary N) is 1. The van der Waals surface area contributed by atoms with Crippen molar-refractivity contribution >= 4 is 11.9 Å². The van der Waals surface area contributed by atoms with Gasteiger partial charge in [-0.15, -0.1) is 0 Å². The Morgan fingerprint density at radius 3 is 2.39 bits per heavy atom. The molecule has 1 amide bonds. The Balaban J connectivity index is 1.85. The lowest BCUT2D eigenvalue weighted by atomic mass is 9.95. The van der Waals surface area contributed by atoms with Crippen molar-refractivity contribution in [3.8, 4) is 0 Å². The average Bonchev–Trinajstić information content (AvgIpc) is 2.94. The molecule has 0 saturated heterocycles. The van der Waals surface area contributed by atoms with Crippen molar-refractivity contribution in [2.45, 2.75) is 45.4 Å². The van der Waals surface area contributed by atoms with Gasteiger partial charge in [0.1, 0.15) is 0 Å². The lowest BCUT2D eigenvalue weighted by Crippen LogP contribution is -2.37. The zero-order chi connectivity index (χ0) is 13.1. The molecule has 4 nitrogen and oxygen atoms in total. The van der Waals surface area contributed by atoms with E-state index in [9.17, 15) is 9.59 Å². The molecule has 0 heterocycles. The maximum Gasteiger partial charge on any atom is 0.307 e. The first-order chi connectivity index (χ1) is 8.58. The van der Waals surface area contributed by atoms with Crippen molar-refractivity contribution in [1.29, 1.82) is 0 Å². The van der Waals surface area contributed by atoms with Crippen LogP contribution in [0.3, 0.4) is 0 Å². The first-order valence-corrected chi connectivity index (χ1v) is 7.08. The summed E-state index contributed by atoms with van der Waals surface area (Å²) >= 11 is 0. The second kappa shape index (κ2) is 5.72. The number of rotatable bonds is 4. The second-order valence-corrected chi connectivity index (χ2v) is 6.02. The number of hydrogen-bond acceptors (Lipinski definition) is 2. The van der Waals surface area contributed by atoms with Crippen LogP contribution >= 0.6 is 0 Å². The molecule has 2 aliphatic rings. The van der Waals surface area contributed by atoms with Gasteiger partial charge in [-0.25, -0.2) is 0 Å². The van der Waals surface area contributed by atoms with Crippen molar-refractivity contribution in [2.24, 2.45) is 23.7 Å². The van der Waals surface area contributed by atoms with Crippen molar-refractivity contribution < 1.29 is 14.7 Å². The SMILES string of the molecule is CC1C[C@H](C(=O)NCC2CCCC2)[C@H](C(=O)O)C1. The standard InChI is InChI=1S/C14H23NO3/c1-9-6-11(12(7-9)14(17)18)13(16)15-8-10-4-2-3-5-10/h9-12H,2-8H2,1H3,(H,15,16)(H,17,18)/t9?,11-,12+/m0/s1. The first kappa shape index (κ1) is 13.4. The molecule has 3 atom stereocenters. The molecule has 0 aromatic rings. The molecule has 0 aromatic carbocycles. The molecular weight excluding hydrogens is 230 g/mol. The third-order valence-corrected chi connectivity index (χ3v) is 4.49. The van der Waals surface area contributed by atoms with Gasteiger partial charge in [0.25, 0.3) is 0 Å². The van der Waals surface area contributed by atoms with E-state index >= 15 is 0 Å². The van der Waals surface area contributed by atoms with Crippen LogP contribution in [-0.4, -0.2) is 23.5 Å². The highest BCUT2D eigenvalue weighted by Gasteiger charge is 2.41. The Kier molecular flexibility index (Phi) is 4.25. The number of amides is 1. The Bertz CT molecular complexity index is 323. The Labute approximate surface area is 108 Å². The van der Waals surface area contributed by atoms with Crippen LogP contribution in [0.1, 0.15) is 45.4 Å². The summed E-state index contributed by atoms with van der Waals surface area (Å²) < 4.78 is 0. The molecule has 4 heteroatoms. The van der Waals surface area contributed by atoms with Crippen LogP contribution in [0.4, 0.5) is 0 Å². The predicted molar refractivity (Wildman–Crippen MR) is 68.0 cm³/mol. The van der Waals surface area contributed by atoms with Crippen molar-refractivity contribution in [3.63, 3.8) is 0 Å². The molecule has 0 radical (unpaired) electrons. The minimum Gasteiger partial charge on any atom is -0.481 e.